The van der Waals surface area contributed by atoms with Crippen LogP contribution in [-0.2, 0) is 0 Å². The van der Waals surface area contributed by atoms with E-state index in [1.807, 2.05) is 22.7 Å². The van der Waals surface area contributed by atoms with Gasteiger partial charge < -0.3 is 14.2 Å². The number of rotatable bonds is 2. The lowest BCUT2D eigenvalue weighted by Gasteiger charge is -2.42. The van der Waals surface area contributed by atoms with E-state index >= 15 is 0 Å². The molecule has 0 N–H and O–H groups in total. The molecule has 11 aromatic rings. The lowest BCUT2D eigenvalue weighted by Crippen LogP contribution is -2.59. The molecule has 0 fully saturated rings. The molecule has 0 saturated heterocycles. The molecule has 6 heteroatoms. The van der Waals surface area contributed by atoms with Crippen molar-refractivity contribution in [2.45, 2.75) is 0 Å². The second-order valence-corrected chi connectivity index (χ2v) is 16.2. The molecule has 0 unspecified atom stereocenters. The summed E-state index contributed by atoms with van der Waals surface area (Å²) in [7, 11) is 0. The SMILES string of the molecule is c1ccc(N2c3cc4c(c5c3B(c3sc6ccccc6c32)c2sc3ccccc3c2N5c2ccccc2)c2cccc3c5ccccc5n4c32)cc1. The third-order valence-corrected chi connectivity index (χ3v) is 13.9. The topological polar surface area (TPSA) is 10.9 Å². The number of thiophene rings is 2. The molecule has 0 bridgehead atoms. The van der Waals surface area contributed by atoms with Crippen molar-refractivity contribution in [1.82, 2.24) is 4.40 Å². The van der Waals surface area contributed by atoms with E-state index in [2.05, 4.69) is 172 Å². The highest BCUT2D eigenvalue weighted by Crippen LogP contribution is 2.54. The third-order valence-electron chi connectivity index (χ3n) is 11.4. The molecule has 0 saturated carbocycles. The minimum absolute atomic E-state index is 0.0888. The Morgan fingerprint density at radius 3 is 1.65 bits per heavy atom. The molecule has 6 heterocycles. The van der Waals surface area contributed by atoms with Gasteiger partial charge >= 0.3 is 0 Å². The van der Waals surface area contributed by atoms with Gasteiger partial charge in [0.25, 0.3) is 6.71 Å². The number of anilines is 6. The van der Waals surface area contributed by atoms with Crippen LogP contribution in [0.2, 0.25) is 0 Å². The van der Waals surface area contributed by atoms with Gasteiger partial charge in [0.05, 0.1) is 33.6 Å². The summed E-state index contributed by atoms with van der Waals surface area (Å²) < 4.78 is 8.04. The predicted octanol–water partition coefficient (Wildman–Crippen LogP) is 11.3. The molecular formula is C46H26BN3S2. The Morgan fingerprint density at radius 2 is 0.962 bits per heavy atom. The van der Waals surface area contributed by atoms with Crippen LogP contribution in [0.3, 0.4) is 0 Å². The molecular weight excluding hydrogens is 669 g/mol. The van der Waals surface area contributed by atoms with Crippen LogP contribution in [0.4, 0.5) is 34.1 Å². The first-order valence-corrected chi connectivity index (χ1v) is 19.5. The van der Waals surface area contributed by atoms with Crippen LogP contribution in [-0.4, -0.2) is 11.1 Å². The number of aromatic nitrogens is 1. The van der Waals surface area contributed by atoms with Crippen LogP contribution in [0.5, 0.6) is 0 Å². The van der Waals surface area contributed by atoms with E-state index in [9.17, 15) is 0 Å². The Balaban J connectivity index is 1.31. The van der Waals surface area contributed by atoms with E-state index in [1.54, 1.807) is 0 Å². The van der Waals surface area contributed by atoms with Crippen LogP contribution in [0.25, 0.3) is 58.3 Å². The maximum atomic E-state index is 2.62. The summed E-state index contributed by atoms with van der Waals surface area (Å²) in [5.41, 5.74) is 12.7. The van der Waals surface area contributed by atoms with Crippen molar-refractivity contribution in [2.75, 3.05) is 9.80 Å². The normalized spacial score (nSPS) is 13.7. The van der Waals surface area contributed by atoms with Crippen LogP contribution >= 0.6 is 22.7 Å². The van der Waals surface area contributed by atoms with E-state index in [0.717, 1.165) is 0 Å². The van der Waals surface area contributed by atoms with Gasteiger partial charge in [0.1, 0.15) is 0 Å². The summed E-state index contributed by atoms with van der Waals surface area (Å²) in [5, 5.41) is 7.84. The number of benzene rings is 7. The Hall–Kier alpha value is -6.08. The number of hydrogen-bond acceptors (Lipinski definition) is 4. The van der Waals surface area contributed by atoms with E-state index in [-0.39, 0.29) is 6.71 Å². The monoisotopic (exact) mass is 695 g/mol. The highest BCUT2D eigenvalue weighted by atomic mass is 32.1. The molecule has 0 atom stereocenters. The number of hydrogen-bond donors (Lipinski definition) is 0. The number of fused-ring (bicyclic) bond motifs is 15. The molecule has 0 amide bonds. The maximum absolute atomic E-state index is 2.62. The maximum Gasteiger partial charge on any atom is 0.277 e. The Labute approximate surface area is 307 Å². The van der Waals surface area contributed by atoms with E-state index in [4.69, 9.17) is 0 Å². The van der Waals surface area contributed by atoms with Crippen molar-refractivity contribution in [3.8, 4) is 0 Å². The van der Waals surface area contributed by atoms with Crippen molar-refractivity contribution in [3.63, 3.8) is 0 Å². The summed E-state index contributed by atoms with van der Waals surface area (Å²) >= 11 is 3.93. The van der Waals surface area contributed by atoms with Gasteiger partial charge in [0, 0.05) is 68.3 Å². The lowest BCUT2D eigenvalue weighted by atomic mass is 9.39. The van der Waals surface area contributed by atoms with Gasteiger partial charge in [-0.15, -0.1) is 22.7 Å². The number of para-hydroxylation sites is 4. The molecule has 2 aliphatic heterocycles. The average molecular weight is 696 g/mol. The molecule has 4 aromatic heterocycles. The highest BCUT2D eigenvalue weighted by molar-refractivity contribution is 7.40. The largest absolute Gasteiger partial charge is 0.310 e. The molecule has 52 heavy (non-hydrogen) atoms. The lowest BCUT2D eigenvalue weighted by molar-refractivity contribution is 1.28. The highest BCUT2D eigenvalue weighted by Gasteiger charge is 2.48. The Morgan fingerprint density at radius 1 is 0.423 bits per heavy atom. The Kier molecular flexibility index (Phi) is 5.22. The summed E-state index contributed by atoms with van der Waals surface area (Å²) in [4.78, 5) is 5.20. The van der Waals surface area contributed by atoms with E-state index in [0.29, 0.717) is 0 Å². The molecule has 13 rings (SSSR count). The van der Waals surface area contributed by atoms with Gasteiger partial charge in [0.2, 0.25) is 0 Å². The first kappa shape index (κ1) is 27.6. The second kappa shape index (κ2) is 9.83. The second-order valence-electron chi connectivity index (χ2n) is 14.0. The number of nitrogens with zero attached hydrogens (tertiary/aromatic N) is 3. The van der Waals surface area contributed by atoms with Gasteiger partial charge in [0.15, 0.2) is 0 Å². The molecule has 3 nitrogen and oxygen atoms in total. The fraction of sp³-hybridized carbons (Fsp3) is 0. The van der Waals surface area contributed by atoms with Crippen LogP contribution in [0, 0.1) is 0 Å². The zero-order valence-corrected chi connectivity index (χ0v) is 29.4. The van der Waals surface area contributed by atoms with Crippen molar-refractivity contribution >= 4 is 137 Å². The zero-order valence-electron chi connectivity index (χ0n) is 27.7. The Bertz CT molecular complexity index is 3260. The van der Waals surface area contributed by atoms with Gasteiger partial charge in [-0.1, -0.05) is 109 Å². The van der Waals surface area contributed by atoms with Gasteiger partial charge in [-0.25, -0.2) is 0 Å². The fourth-order valence-corrected chi connectivity index (χ4v) is 12.2. The van der Waals surface area contributed by atoms with Crippen molar-refractivity contribution < 1.29 is 0 Å². The summed E-state index contributed by atoms with van der Waals surface area (Å²) in [5.74, 6) is 0. The minimum atomic E-state index is 0.0888. The van der Waals surface area contributed by atoms with E-state index in [1.165, 1.54) is 107 Å². The zero-order chi connectivity index (χ0) is 33.7. The van der Waals surface area contributed by atoms with Gasteiger partial charge in [-0.05, 0) is 54.0 Å². The quantitative estimate of drug-likeness (QED) is 0.167. The molecule has 240 valence electrons. The predicted molar refractivity (Wildman–Crippen MR) is 226 cm³/mol. The molecule has 0 aliphatic carbocycles. The van der Waals surface area contributed by atoms with E-state index < -0.39 is 0 Å². The standard InChI is InChI=1S/C46H26BN3S2/c1-3-14-27(15-4-1)48-36-26-35-39(33-22-13-21-30-29-18-7-10-23-34(29)50(35)41(30)33)44-40(36)47(45-42(48)31-19-8-11-24-37(31)51-45)46-43(32-20-9-12-25-38(32)52-46)49(44)28-16-5-2-6-17-28/h1-26H. The van der Waals surface area contributed by atoms with Crippen LogP contribution in [0.1, 0.15) is 0 Å². The fourth-order valence-electron chi connectivity index (χ4n) is 9.52. The first-order chi connectivity index (χ1) is 25.8. The summed E-state index contributed by atoms with van der Waals surface area (Å²) in [6.07, 6.45) is 0. The van der Waals surface area contributed by atoms with Gasteiger partial charge in [-0.3, -0.25) is 0 Å². The van der Waals surface area contributed by atoms with Crippen LogP contribution < -0.4 is 24.8 Å². The van der Waals surface area contributed by atoms with Crippen molar-refractivity contribution in [3.05, 3.63) is 158 Å². The van der Waals surface area contributed by atoms with Crippen molar-refractivity contribution in [2.24, 2.45) is 0 Å². The van der Waals surface area contributed by atoms with Crippen LogP contribution in [0.15, 0.2) is 158 Å². The summed E-state index contributed by atoms with van der Waals surface area (Å²) in [6.45, 7) is 0.0888. The minimum Gasteiger partial charge on any atom is -0.310 e. The first-order valence-electron chi connectivity index (χ1n) is 17.8. The average Bonchev–Trinajstić information content (AvgIpc) is 3.96. The molecule has 0 spiro atoms. The molecule has 2 aliphatic rings. The molecule has 0 radical (unpaired) electrons. The molecule has 7 aromatic carbocycles. The third kappa shape index (κ3) is 3.29. The summed E-state index contributed by atoms with van der Waals surface area (Å²) in [6, 6.07) is 58.5. The smallest absolute Gasteiger partial charge is 0.277 e. The van der Waals surface area contributed by atoms with Gasteiger partial charge in [-0.2, -0.15) is 0 Å². The van der Waals surface area contributed by atoms with Crippen molar-refractivity contribution in [1.29, 1.82) is 0 Å².